The topological polar surface area (TPSA) is 74.7 Å². The number of ether oxygens (including phenoxy) is 1. The summed E-state index contributed by atoms with van der Waals surface area (Å²) in [6.45, 7) is 4.45. The Hall–Kier alpha value is -2.74. The Morgan fingerprint density at radius 2 is 2.12 bits per heavy atom. The largest absolute Gasteiger partial charge is 0.436 e. The lowest BCUT2D eigenvalue weighted by Crippen LogP contribution is -2.34. The summed E-state index contributed by atoms with van der Waals surface area (Å²) in [6, 6.07) is 5.57. The molecule has 0 saturated carbocycles. The average Bonchev–Trinajstić information content (AvgIpc) is 2.84. The predicted molar refractivity (Wildman–Crippen MR) is 91.0 cm³/mol. The number of hydrogen-bond acceptors (Lipinski definition) is 4. The highest BCUT2D eigenvalue weighted by Gasteiger charge is 2.40. The highest BCUT2D eigenvalue weighted by Crippen LogP contribution is 2.30. The number of anilines is 1. The van der Waals surface area contributed by atoms with Gasteiger partial charge in [0.2, 0.25) is 5.88 Å². The van der Waals surface area contributed by atoms with Crippen LogP contribution in [0.1, 0.15) is 13.8 Å². The Bertz CT molecular complexity index is 829. The molecule has 1 aliphatic heterocycles. The number of nitrogens with zero attached hydrogens (tertiary/aromatic N) is 2. The van der Waals surface area contributed by atoms with Crippen LogP contribution < -0.4 is 10.1 Å². The fourth-order valence-corrected chi connectivity index (χ4v) is 2.69. The number of benzene rings is 1. The van der Waals surface area contributed by atoms with Crippen molar-refractivity contribution in [1.29, 1.82) is 0 Å². The van der Waals surface area contributed by atoms with E-state index in [2.05, 4.69) is 10.3 Å². The number of carbonyl (C=O) groups is 1. The molecule has 1 fully saturated rings. The lowest BCUT2D eigenvalue weighted by molar-refractivity contribution is 0.0957. The molecule has 8 heteroatoms. The fourth-order valence-electron chi connectivity index (χ4n) is 2.69. The van der Waals surface area contributed by atoms with Crippen LogP contribution in [0.5, 0.6) is 11.6 Å². The molecular formula is C18H19F2N3O3. The van der Waals surface area contributed by atoms with Crippen LogP contribution in [0.4, 0.5) is 19.3 Å². The maximum absolute atomic E-state index is 13.7. The zero-order valence-electron chi connectivity index (χ0n) is 14.4. The van der Waals surface area contributed by atoms with Crippen molar-refractivity contribution in [3.63, 3.8) is 0 Å². The second kappa shape index (κ2) is 6.87. The molecule has 0 bridgehead atoms. The minimum Gasteiger partial charge on any atom is -0.436 e. The molecule has 2 amide bonds. The van der Waals surface area contributed by atoms with Crippen LogP contribution >= 0.6 is 0 Å². The van der Waals surface area contributed by atoms with Gasteiger partial charge in [0, 0.05) is 42.5 Å². The number of urea groups is 1. The Balaban J connectivity index is 1.69. The molecule has 6 nitrogen and oxygen atoms in total. The van der Waals surface area contributed by atoms with E-state index in [0.29, 0.717) is 18.3 Å². The van der Waals surface area contributed by atoms with Crippen LogP contribution in [0.3, 0.4) is 0 Å². The summed E-state index contributed by atoms with van der Waals surface area (Å²) < 4.78 is 31.9. The Labute approximate surface area is 149 Å². The van der Waals surface area contributed by atoms with Crippen molar-refractivity contribution in [2.45, 2.75) is 20.0 Å². The smallest absolute Gasteiger partial charge is 0.321 e. The number of halogens is 2. The SMILES string of the molecule is CC1(C)CN(C(=O)Nc2ccnc(Oc3ccc(F)cc3F)c2)CC1O. The number of likely N-dealkylation sites (tertiary alicyclic amines) is 1. The van der Waals surface area contributed by atoms with Crippen molar-refractivity contribution in [1.82, 2.24) is 9.88 Å². The molecule has 0 aliphatic carbocycles. The van der Waals surface area contributed by atoms with Gasteiger partial charge in [0.05, 0.1) is 6.10 Å². The van der Waals surface area contributed by atoms with E-state index in [1.54, 1.807) is 6.07 Å². The first-order valence-electron chi connectivity index (χ1n) is 8.07. The van der Waals surface area contributed by atoms with Crippen LogP contribution in [0.15, 0.2) is 36.5 Å². The number of amides is 2. The molecule has 138 valence electrons. The van der Waals surface area contributed by atoms with Gasteiger partial charge in [-0.1, -0.05) is 13.8 Å². The van der Waals surface area contributed by atoms with Crippen molar-refractivity contribution in [2.24, 2.45) is 5.41 Å². The van der Waals surface area contributed by atoms with E-state index in [0.717, 1.165) is 12.1 Å². The summed E-state index contributed by atoms with van der Waals surface area (Å²) >= 11 is 0. The Morgan fingerprint density at radius 1 is 1.35 bits per heavy atom. The molecule has 2 aromatic rings. The van der Waals surface area contributed by atoms with Crippen molar-refractivity contribution >= 4 is 11.7 Å². The van der Waals surface area contributed by atoms with E-state index in [1.165, 1.54) is 17.2 Å². The number of hydrogen-bond donors (Lipinski definition) is 2. The summed E-state index contributed by atoms with van der Waals surface area (Å²) in [6.07, 6.45) is 0.806. The molecule has 3 rings (SSSR count). The first-order valence-corrected chi connectivity index (χ1v) is 8.07. The summed E-state index contributed by atoms with van der Waals surface area (Å²) in [5, 5.41) is 12.7. The molecule has 1 aromatic heterocycles. The zero-order valence-corrected chi connectivity index (χ0v) is 14.4. The Kier molecular flexibility index (Phi) is 4.78. The minimum absolute atomic E-state index is 0.0510. The maximum Gasteiger partial charge on any atom is 0.321 e. The highest BCUT2D eigenvalue weighted by molar-refractivity contribution is 5.89. The van der Waals surface area contributed by atoms with Crippen molar-refractivity contribution < 1.29 is 23.4 Å². The van der Waals surface area contributed by atoms with Crippen molar-refractivity contribution in [3.8, 4) is 11.6 Å². The van der Waals surface area contributed by atoms with Gasteiger partial charge in [0.25, 0.3) is 0 Å². The van der Waals surface area contributed by atoms with Gasteiger partial charge in [0.1, 0.15) is 5.82 Å². The van der Waals surface area contributed by atoms with Crippen LogP contribution in [0, 0.1) is 17.0 Å². The maximum atomic E-state index is 13.7. The van der Waals surface area contributed by atoms with Gasteiger partial charge in [0.15, 0.2) is 11.6 Å². The molecule has 2 N–H and O–H groups in total. The first-order chi connectivity index (χ1) is 12.2. The number of aliphatic hydroxyl groups is 1. The van der Waals surface area contributed by atoms with Crippen LogP contribution in [-0.4, -0.2) is 40.2 Å². The fraction of sp³-hybridized carbons (Fsp3) is 0.333. The van der Waals surface area contributed by atoms with Gasteiger partial charge in [-0.2, -0.15) is 0 Å². The van der Waals surface area contributed by atoms with Gasteiger partial charge in [-0.25, -0.2) is 18.6 Å². The molecule has 1 aliphatic rings. The van der Waals surface area contributed by atoms with Gasteiger partial charge < -0.3 is 20.1 Å². The Morgan fingerprint density at radius 3 is 2.77 bits per heavy atom. The molecule has 1 unspecified atom stereocenters. The molecule has 0 radical (unpaired) electrons. The highest BCUT2D eigenvalue weighted by atomic mass is 19.1. The van der Waals surface area contributed by atoms with E-state index in [4.69, 9.17) is 4.74 Å². The molecule has 26 heavy (non-hydrogen) atoms. The second-order valence-corrected chi connectivity index (χ2v) is 6.87. The summed E-state index contributed by atoms with van der Waals surface area (Å²) in [4.78, 5) is 17.8. The van der Waals surface area contributed by atoms with E-state index in [-0.39, 0.29) is 29.6 Å². The molecule has 1 atom stereocenters. The van der Waals surface area contributed by atoms with Gasteiger partial charge in [-0.05, 0) is 18.2 Å². The number of pyridine rings is 1. The van der Waals surface area contributed by atoms with Gasteiger partial charge >= 0.3 is 6.03 Å². The summed E-state index contributed by atoms with van der Waals surface area (Å²) in [5.74, 6) is -1.68. The molecule has 1 saturated heterocycles. The average molecular weight is 363 g/mol. The predicted octanol–water partition coefficient (Wildman–Crippen LogP) is 3.39. The third-order valence-electron chi connectivity index (χ3n) is 4.28. The van der Waals surface area contributed by atoms with E-state index >= 15 is 0 Å². The van der Waals surface area contributed by atoms with E-state index in [9.17, 15) is 18.7 Å². The number of rotatable bonds is 3. The summed E-state index contributed by atoms with van der Waals surface area (Å²) in [7, 11) is 0. The second-order valence-electron chi connectivity index (χ2n) is 6.87. The normalized spacial score (nSPS) is 18.7. The zero-order chi connectivity index (χ0) is 18.9. The lowest BCUT2D eigenvalue weighted by Gasteiger charge is -2.21. The number of β-amino-alcohol motifs (C(OH)–C–C–N with tert-alkyl or cyclic N) is 1. The van der Waals surface area contributed by atoms with Crippen molar-refractivity contribution in [3.05, 3.63) is 48.2 Å². The number of aliphatic hydroxyl groups excluding tert-OH is 1. The standard InChI is InChI=1S/C18H19F2N3O3/c1-18(2)10-23(9-15(18)24)17(25)22-12-5-6-21-16(8-12)26-14-4-3-11(19)7-13(14)20/h3-8,15,24H,9-10H2,1-2H3,(H,21,22,25). The number of carbonyl (C=O) groups excluding carboxylic acids is 1. The van der Waals surface area contributed by atoms with Crippen LogP contribution in [-0.2, 0) is 0 Å². The minimum atomic E-state index is -0.852. The first kappa shape index (κ1) is 18.1. The van der Waals surface area contributed by atoms with Gasteiger partial charge in [-0.15, -0.1) is 0 Å². The molecule has 0 spiro atoms. The molecular weight excluding hydrogens is 344 g/mol. The van der Waals surface area contributed by atoms with Gasteiger partial charge in [-0.3, -0.25) is 0 Å². The summed E-state index contributed by atoms with van der Waals surface area (Å²) in [5.41, 5.74) is 0.0333. The third-order valence-corrected chi connectivity index (χ3v) is 4.28. The van der Waals surface area contributed by atoms with E-state index in [1.807, 2.05) is 13.8 Å². The monoisotopic (exact) mass is 363 g/mol. The van der Waals surface area contributed by atoms with Crippen LogP contribution in [0.2, 0.25) is 0 Å². The molecule has 2 heterocycles. The lowest BCUT2D eigenvalue weighted by atomic mass is 9.90. The third kappa shape index (κ3) is 3.91. The quantitative estimate of drug-likeness (QED) is 0.877. The van der Waals surface area contributed by atoms with E-state index < -0.39 is 17.7 Å². The van der Waals surface area contributed by atoms with Crippen LogP contribution in [0.25, 0.3) is 0 Å². The number of aromatic nitrogens is 1. The van der Waals surface area contributed by atoms with Crippen molar-refractivity contribution in [2.75, 3.05) is 18.4 Å². The molecule has 1 aromatic carbocycles. The number of nitrogens with one attached hydrogen (secondary N) is 1.